The summed E-state index contributed by atoms with van der Waals surface area (Å²) in [5, 5.41) is 4.37. The highest BCUT2D eigenvalue weighted by Crippen LogP contribution is 2.20. The second-order valence-electron chi connectivity index (χ2n) is 5.23. The Morgan fingerprint density at radius 2 is 2.06 bits per heavy atom. The maximum Gasteiger partial charge on any atom is 0.0837 e. The molecule has 3 heteroatoms. The highest BCUT2D eigenvalue weighted by molar-refractivity contribution is 5.31. The lowest BCUT2D eigenvalue weighted by atomic mass is 9.97. The minimum Gasteiger partial charge on any atom is -0.319 e. The third-order valence-electron chi connectivity index (χ3n) is 3.01. The van der Waals surface area contributed by atoms with E-state index in [1.54, 1.807) is 4.68 Å². The van der Waals surface area contributed by atoms with Crippen LogP contribution in [0.3, 0.4) is 0 Å². The second kappa shape index (κ2) is 5.36. The number of benzene rings is 1. The van der Waals surface area contributed by atoms with Gasteiger partial charge in [-0.25, -0.2) is 0 Å². The van der Waals surface area contributed by atoms with Crippen molar-refractivity contribution in [3.8, 4) is 0 Å². The van der Waals surface area contributed by atoms with Gasteiger partial charge >= 0.3 is 0 Å². The van der Waals surface area contributed by atoms with Crippen LogP contribution in [0.15, 0.2) is 36.5 Å². The summed E-state index contributed by atoms with van der Waals surface area (Å²) in [4.78, 5) is 0. The quantitative estimate of drug-likeness (QED) is 0.897. The molecule has 0 aliphatic carbocycles. The Bertz CT molecular complexity index is 514. The summed E-state index contributed by atoms with van der Waals surface area (Å²) in [6.45, 7) is 4.46. The van der Waals surface area contributed by atoms with Crippen LogP contribution in [0.1, 0.15) is 36.7 Å². The molecule has 0 saturated carbocycles. The number of nitrogens with zero attached hydrogens (tertiary/aromatic N) is 2. The molecule has 0 saturated heterocycles. The molecule has 18 heavy (non-hydrogen) atoms. The van der Waals surface area contributed by atoms with Crippen LogP contribution in [0.25, 0.3) is 0 Å². The lowest BCUT2D eigenvalue weighted by Gasteiger charge is -2.12. The van der Waals surface area contributed by atoms with Gasteiger partial charge in [0.2, 0.25) is 0 Å². The van der Waals surface area contributed by atoms with Gasteiger partial charge in [0.1, 0.15) is 0 Å². The number of aromatic nitrogens is 2. The molecular weight excluding hydrogens is 222 g/mol. The number of aryl methyl sites for hydroxylation is 1. The number of nitrogens with two attached hydrogens (primary N) is 1. The summed E-state index contributed by atoms with van der Waals surface area (Å²) < 4.78 is 1.78. The molecule has 0 fully saturated rings. The summed E-state index contributed by atoms with van der Waals surface area (Å²) in [6, 6.07) is 10.3. The Hall–Kier alpha value is -1.61. The van der Waals surface area contributed by atoms with Crippen molar-refractivity contribution in [2.45, 2.75) is 26.3 Å². The summed E-state index contributed by atoms with van der Waals surface area (Å²) in [7, 11) is 1.91. The van der Waals surface area contributed by atoms with Gasteiger partial charge in [-0.05, 0) is 29.5 Å². The van der Waals surface area contributed by atoms with E-state index in [4.69, 9.17) is 5.73 Å². The Balaban J connectivity index is 2.22. The smallest absolute Gasteiger partial charge is 0.0837 e. The average Bonchev–Trinajstić information content (AvgIpc) is 2.74. The molecule has 2 N–H and O–H groups in total. The van der Waals surface area contributed by atoms with Gasteiger partial charge in [0.25, 0.3) is 0 Å². The fourth-order valence-electron chi connectivity index (χ4n) is 2.15. The van der Waals surface area contributed by atoms with Gasteiger partial charge in [0, 0.05) is 13.2 Å². The van der Waals surface area contributed by atoms with Gasteiger partial charge in [-0.1, -0.05) is 38.1 Å². The van der Waals surface area contributed by atoms with Gasteiger partial charge in [-0.2, -0.15) is 5.10 Å². The van der Waals surface area contributed by atoms with Crippen LogP contribution in [0.2, 0.25) is 0 Å². The molecule has 3 nitrogen and oxygen atoms in total. The third-order valence-corrected chi connectivity index (χ3v) is 3.01. The second-order valence-corrected chi connectivity index (χ2v) is 5.23. The molecule has 1 atom stereocenters. The van der Waals surface area contributed by atoms with Crippen LogP contribution >= 0.6 is 0 Å². The van der Waals surface area contributed by atoms with Crippen LogP contribution in [0, 0.1) is 5.92 Å². The first-order valence-electron chi connectivity index (χ1n) is 6.40. The lowest BCUT2D eigenvalue weighted by molar-refractivity contribution is 0.645. The zero-order valence-corrected chi connectivity index (χ0v) is 11.3. The first-order chi connectivity index (χ1) is 8.56. The molecule has 2 aromatic rings. The van der Waals surface area contributed by atoms with Gasteiger partial charge in [-0.15, -0.1) is 0 Å². The van der Waals surface area contributed by atoms with E-state index in [-0.39, 0.29) is 6.04 Å². The van der Waals surface area contributed by atoms with E-state index in [9.17, 15) is 0 Å². The zero-order valence-electron chi connectivity index (χ0n) is 11.3. The highest BCUT2D eigenvalue weighted by Gasteiger charge is 2.12. The van der Waals surface area contributed by atoms with Crippen molar-refractivity contribution in [1.29, 1.82) is 0 Å². The van der Waals surface area contributed by atoms with Crippen LogP contribution in [-0.4, -0.2) is 9.78 Å². The van der Waals surface area contributed by atoms with Crippen molar-refractivity contribution < 1.29 is 0 Å². The Labute approximate surface area is 109 Å². The Kier molecular flexibility index (Phi) is 3.82. The van der Waals surface area contributed by atoms with E-state index < -0.39 is 0 Å². The van der Waals surface area contributed by atoms with Crippen molar-refractivity contribution >= 4 is 0 Å². The van der Waals surface area contributed by atoms with Crippen LogP contribution in [-0.2, 0) is 13.5 Å². The summed E-state index contributed by atoms with van der Waals surface area (Å²) in [5.74, 6) is 0.659. The zero-order chi connectivity index (χ0) is 13.1. The predicted octanol–water partition coefficient (Wildman–Crippen LogP) is 2.67. The summed E-state index contributed by atoms with van der Waals surface area (Å²) in [5.41, 5.74) is 9.64. The van der Waals surface area contributed by atoms with E-state index >= 15 is 0 Å². The Morgan fingerprint density at radius 3 is 2.67 bits per heavy atom. The monoisotopic (exact) mass is 243 g/mol. The van der Waals surface area contributed by atoms with Crippen molar-refractivity contribution in [1.82, 2.24) is 9.78 Å². The first kappa shape index (κ1) is 12.8. The number of hydrogen-bond donors (Lipinski definition) is 1. The molecule has 0 bridgehead atoms. The fraction of sp³-hybridized carbons (Fsp3) is 0.400. The fourth-order valence-corrected chi connectivity index (χ4v) is 2.15. The summed E-state index contributed by atoms with van der Waals surface area (Å²) >= 11 is 0. The minimum absolute atomic E-state index is 0.140. The normalized spacial score (nSPS) is 12.9. The van der Waals surface area contributed by atoms with Gasteiger partial charge in [0.05, 0.1) is 11.7 Å². The van der Waals surface area contributed by atoms with Gasteiger partial charge in [0.15, 0.2) is 0 Å². The van der Waals surface area contributed by atoms with E-state index in [0.717, 1.165) is 17.7 Å². The third kappa shape index (κ3) is 2.99. The standard InChI is InChI=1S/C15H21N3/c1-11(2)9-12-5-4-6-13(10-12)15(16)14-7-8-18(3)17-14/h4-8,10-11,15H,9,16H2,1-3H3. The van der Waals surface area contributed by atoms with E-state index in [0.29, 0.717) is 5.92 Å². The number of hydrogen-bond acceptors (Lipinski definition) is 2. The molecule has 0 aliphatic rings. The first-order valence-corrected chi connectivity index (χ1v) is 6.40. The van der Waals surface area contributed by atoms with E-state index in [2.05, 4.69) is 43.2 Å². The van der Waals surface area contributed by atoms with Crippen molar-refractivity contribution in [2.24, 2.45) is 18.7 Å². The minimum atomic E-state index is -0.140. The molecule has 0 aliphatic heterocycles. The molecule has 0 radical (unpaired) electrons. The molecule has 1 heterocycles. The van der Waals surface area contributed by atoms with Crippen LogP contribution < -0.4 is 5.73 Å². The molecule has 1 aromatic carbocycles. The molecule has 2 rings (SSSR count). The van der Waals surface area contributed by atoms with Gasteiger partial charge < -0.3 is 5.73 Å². The molecule has 0 spiro atoms. The molecule has 1 unspecified atom stereocenters. The molecule has 0 amide bonds. The SMILES string of the molecule is CC(C)Cc1cccc(C(N)c2ccn(C)n2)c1. The number of rotatable bonds is 4. The maximum absolute atomic E-state index is 6.25. The predicted molar refractivity (Wildman–Crippen MR) is 74.2 cm³/mol. The topological polar surface area (TPSA) is 43.8 Å². The highest BCUT2D eigenvalue weighted by atomic mass is 15.3. The van der Waals surface area contributed by atoms with Crippen LogP contribution in [0.5, 0.6) is 0 Å². The van der Waals surface area contributed by atoms with Crippen molar-refractivity contribution in [3.63, 3.8) is 0 Å². The van der Waals surface area contributed by atoms with Crippen molar-refractivity contribution in [3.05, 3.63) is 53.3 Å². The van der Waals surface area contributed by atoms with Gasteiger partial charge in [-0.3, -0.25) is 4.68 Å². The maximum atomic E-state index is 6.25. The molecule has 96 valence electrons. The largest absolute Gasteiger partial charge is 0.319 e. The Morgan fingerprint density at radius 1 is 1.28 bits per heavy atom. The molecular formula is C15H21N3. The lowest BCUT2D eigenvalue weighted by Crippen LogP contribution is -2.13. The van der Waals surface area contributed by atoms with E-state index in [1.165, 1.54) is 5.56 Å². The average molecular weight is 243 g/mol. The van der Waals surface area contributed by atoms with Crippen molar-refractivity contribution in [2.75, 3.05) is 0 Å². The summed E-state index contributed by atoms with van der Waals surface area (Å²) in [6.07, 6.45) is 3.01. The van der Waals surface area contributed by atoms with Crippen LogP contribution in [0.4, 0.5) is 0 Å². The molecule has 1 aromatic heterocycles. The van der Waals surface area contributed by atoms with E-state index in [1.807, 2.05) is 19.3 Å².